The lowest BCUT2D eigenvalue weighted by atomic mass is 10.1. The van der Waals surface area contributed by atoms with E-state index >= 15 is 0 Å². The Bertz CT molecular complexity index is 642. The molecule has 2 rings (SSSR count). The summed E-state index contributed by atoms with van der Waals surface area (Å²) in [4.78, 5) is 22.3. The number of hydrogen-bond donors (Lipinski definition) is 1. The van der Waals surface area contributed by atoms with Crippen LogP contribution in [0.4, 0.5) is 0 Å². The minimum atomic E-state index is -1.27. The van der Waals surface area contributed by atoms with Crippen LogP contribution in [-0.2, 0) is 0 Å². The summed E-state index contributed by atoms with van der Waals surface area (Å²) in [5.74, 6) is -1.27. The molecule has 0 aliphatic carbocycles. The highest BCUT2D eigenvalue weighted by Gasteiger charge is 2.17. The minimum Gasteiger partial charge on any atom is -0.477 e. The molecule has 1 aromatic carbocycles. The number of benzene rings is 1. The maximum absolute atomic E-state index is 11.4. The van der Waals surface area contributed by atoms with Crippen molar-refractivity contribution in [3.8, 4) is 0 Å². The van der Waals surface area contributed by atoms with Crippen molar-refractivity contribution in [2.45, 2.75) is 6.92 Å². The van der Waals surface area contributed by atoms with Gasteiger partial charge in [-0.2, -0.15) is 0 Å². The summed E-state index contributed by atoms with van der Waals surface area (Å²) in [5, 5.41) is 9.52. The average molecular weight is 283 g/mol. The standard InChI is InChI=1S/C11H7BrO4/c1-5-7-3-2-6(12)4-8(7)16-11(15)9(5)10(13)14/h2-4H,1H3,(H,13,14). The molecule has 0 fully saturated rings. The summed E-state index contributed by atoms with van der Waals surface area (Å²) >= 11 is 3.25. The Morgan fingerprint density at radius 3 is 2.75 bits per heavy atom. The molecule has 4 nitrogen and oxygen atoms in total. The lowest BCUT2D eigenvalue weighted by Crippen LogP contribution is -2.15. The highest BCUT2D eigenvalue weighted by atomic mass is 79.9. The van der Waals surface area contributed by atoms with Crippen LogP contribution in [0.25, 0.3) is 11.0 Å². The molecule has 1 aromatic heterocycles. The summed E-state index contributed by atoms with van der Waals surface area (Å²) in [5.41, 5.74) is -0.335. The fraction of sp³-hybridized carbons (Fsp3) is 0.0909. The molecule has 1 N–H and O–H groups in total. The van der Waals surface area contributed by atoms with E-state index in [0.29, 0.717) is 16.5 Å². The third kappa shape index (κ3) is 1.63. The van der Waals surface area contributed by atoms with Crippen molar-refractivity contribution in [3.05, 3.63) is 44.2 Å². The Kier molecular flexibility index (Phi) is 2.55. The third-order valence-corrected chi connectivity index (χ3v) is 2.84. The van der Waals surface area contributed by atoms with E-state index in [-0.39, 0.29) is 5.56 Å². The Hall–Kier alpha value is -1.62. The summed E-state index contributed by atoms with van der Waals surface area (Å²) < 4.78 is 5.72. The van der Waals surface area contributed by atoms with Crippen molar-refractivity contribution in [2.75, 3.05) is 0 Å². The largest absolute Gasteiger partial charge is 0.477 e. The van der Waals surface area contributed by atoms with Gasteiger partial charge in [-0.1, -0.05) is 15.9 Å². The van der Waals surface area contributed by atoms with Gasteiger partial charge in [0.05, 0.1) is 0 Å². The number of hydrogen-bond acceptors (Lipinski definition) is 3. The second-order valence-electron chi connectivity index (χ2n) is 3.34. The predicted octanol–water partition coefficient (Wildman–Crippen LogP) is 2.56. The molecule has 2 aromatic rings. The first-order chi connectivity index (χ1) is 7.50. The van der Waals surface area contributed by atoms with Crippen LogP contribution in [0.15, 0.2) is 31.9 Å². The van der Waals surface area contributed by atoms with Gasteiger partial charge in [0, 0.05) is 9.86 Å². The Morgan fingerprint density at radius 1 is 1.44 bits per heavy atom. The van der Waals surface area contributed by atoms with Crippen molar-refractivity contribution in [1.82, 2.24) is 0 Å². The molecule has 0 amide bonds. The minimum absolute atomic E-state index is 0.310. The zero-order valence-corrected chi connectivity index (χ0v) is 9.87. The summed E-state index contributed by atoms with van der Waals surface area (Å²) in [7, 11) is 0. The summed E-state index contributed by atoms with van der Waals surface area (Å²) in [6.45, 7) is 1.59. The van der Waals surface area contributed by atoms with Gasteiger partial charge in [0.25, 0.3) is 0 Å². The lowest BCUT2D eigenvalue weighted by Gasteiger charge is -2.04. The van der Waals surface area contributed by atoms with Crippen LogP contribution >= 0.6 is 15.9 Å². The number of fused-ring (bicyclic) bond motifs is 1. The summed E-state index contributed by atoms with van der Waals surface area (Å²) in [6, 6.07) is 5.11. The number of aromatic carboxylic acids is 1. The van der Waals surface area contributed by atoms with Crippen molar-refractivity contribution in [3.63, 3.8) is 0 Å². The van der Waals surface area contributed by atoms with Gasteiger partial charge in [0.2, 0.25) is 0 Å². The first kappa shape index (κ1) is 10.9. The monoisotopic (exact) mass is 282 g/mol. The van der Waals surface area contributed by atoms with E-state index in [0.717, 1.165) is 4.47 Å². The first-order valence-corrected chi connectivity index (χ1v) is 5.26. The molecular formula is C11H7BrO4. The fourth-order valence-corrected chi connectivity index (χ4v) is 1.92. The normalized spacial score (nSPS) is 10.6. The molecule has 0 bridgehead atoms. The van der Waals surface area contributed by atoms with Crippen LogP contribution in [-0.4, -0.2) is 11.1 Å². The Morgan fingerprint density at radius 2 is 2.12 bits per heavy atom. The molecule has 1 heterocycles. The van der Waals surface area contributed by atoms with E-state index < -0.39 is 11.6 Å². The molecule has 16 heavy (non-hydrogen) atoms. The molecule has 5 heteroatoms. The molecule has 0 aliphatic heterocycles. The quantitative estimate of drug-likeness (QED) is 0.817. The van der Waals surface area contributed by atoms with Gasteiger partial charge in [0.15, 0.2) is 0 Å². The van der Waals surface area contributed by atoms with Gasteiger partial charge in [-0.3, -0.25) is 0 Å². The number of carbonyl (C=O) groups is 1. The first-order valence-electron chi connectivity index (χ1n) is 4.47. The highest BCUT2D eigenvalue weighted by molar-refractivity contribution is 9.10. The second kappa shape index (κ2) is 3.75. The maximum Gasteiger partial charge on any atom is 0.351 e. The fourth-order valence-electron chi connectivity index (χ4n) is 1.58. The van der Waals surface area contributed by atoms with Crippen LogP contribution in [0.2, 0.25) is 0 Å². The van der Waals surface area contributed by atoms with Crippen molar-refractivity contribution < 1.29 is 14.3 Å². The van der Waals surface area contributed by atoms with Crippen LogP contribution in [0, 0.1) is 6.92 Å². The number of carboxylic acids is 1. The molecule has 0 saturated carbocycles. The van der Waals surface area contributed by atoms with Crippen molar-refractivity contribution in [2.24, 2.45) is 0 Å². The lowest BCUT2D eigenvalue weighted by molar-refractivity contribution is 0.0692. The molecule has 82 valence electrons. The van der Waals surface area contributed by atoms with E-state index in [2.05, 4.69) is 15.9 Å². The van der Waals surface area contributed by atoms with Gasteiger partial charge in [0.1, 0.15) is 11.1 Å². The molecule has 0 aliphatic rings. The van der Waals surface area contributed by atoms with E-state index in [1.54, 1.807) is 25.1 Å². The number of aryl methyl sites for hydroxylation is 1. The topological polar surface area (TPSA) is 67.5 Å². The van der Waals surface area contributed by atoms with Gasteiger partial charge >= 0.3 is 11.6 Å². The average Bonchev–Trinajstić information content (AvgIpc) is 2.15. The number of carboxylic acid groups (broad SMARTS) is 1. The van der Waals surface area contributed by atoms with E-state index in [9.17, 15) is 9.59 Å². The third-order valence-electron chi connectivity index (χ3n) is 2.34. The maximum atomic E-state index is 11.4. The Balaban J connectivity index is 2.94. The summed E-state index contributed by atoms with van der Waals surface area (Å²) in [6.07, 6.45) is 0. The number of halogens is 1. The van der Waals surface area contributed by atoms with Gasteiger partial charge < -0.3 is 9.52 Å². The zero-order valence-electron chi connectivity index (χ0n) is 8.28. The van der Waals surface area contributed by atoms with Gasteiger partial charge in [-0.25, -0.2) is 9.59 Å². The van der Waals surface area contributed by atoms with E-state index in [1.165, 1.54) is 0 Å². The zero-order chi connectivity index (χ0) is 11.9. The number of rotatable bonds is 1. The predicted molar refractivity (Wildman–Crippen MR) is 61.9 cm³/mol. The molecule has 0 spiro atoms. The van der Waals surface area contributed by atoms with Crippen LogP contribution in [0.1, 0.15) is 15.9 Å². The highest BCUT2D eigenvalue weighted by Crippen LogP contribution is 2.22. The van der Waals surface area contributed by atoms with Crippen LogP contribution < -0.4 is 5.63 Å². The van der Waals surface area contributed by atoms with Gasteiger partial charge in [-0.15, -0.1) is 0 Å². The van der Waals surface area contributed by atoms with E-state index in [1.807, 2.05) is 0 Å². The molecule has 0 atom stereocenters. The Labute approximate surface area is 98.6 Å². The second-order valence-corrected chi connectivity index (χ2v) is 4.25. The van der Waals surface area contributed by atoms with Crippen LogP contribution in [0.5, 0.6) is 0 Å². The smallest absolute Gasteiger partial charge is 0.351 e. The van der Waals surface area contributed by atoms with Crippen LogP contribution in [0.3, 0.4) is 0 Å². The van der Waals surface area contributed by atoms with Crippen molar-refractivity contribution >= 4 is 32.9 Å². The molecule has 0 unspecified atom stereocenters. The SMILES string of the molecule is Cc1c(C(=O)O)c(=O)oc2cc(Br)ccc12. The molecule has 0 radical (unpaired) electrons. The molecular weight excluding hydrogens is 276 g/mol. The van der Waals surface area contributed by atoms with E-state index in [4.69, 9.17) is 9.52 Å². The van der Waals surface area contributed by atoms with Gasteiger partial charge in [-0.05, 0) is 30.7 Å². The van der Waals surface area contributed by atoms with Crippen molar-refractivity contribution in [1.29, 1.82) is 0 Å². The molecule has 0 saturated heterocycles.